The predicted octanol–water partition coefficient (Wildman–Crippen LogP) is 3.00. The molecule has 0 atom stereocenters. The lowest BCUT2D eigenvalue weighted by Crippen LogP contribution is -2.03. The lowest BCUT2D eigenvalue weighted by Gasteiger charge is -2.06. The summed E-state index contributed by atoms with van der Waals surface area (Å²) in [5, 5.41) is 11.5. The van der Waals surface area contributed by atoms with Crippen molar-refractivity contribution in [1.29, 1.82) is 0 Å². The molecule has 1 aromatic carbocycles. The summed E-state index contributed by atoms with van der Waals surface area (Å²) in [6.07, 6.45) is 5.20. The fourth-order valence-electron chi connectivity index (χ4n) is 3.31. The Hall–Kier alpha value is -3.92. The van der Waals surface area contributed by atoms with E-state index in [0.29, 0.717) is 24.9 Å². The van der Waals surface area contributed by atoms with Gasteiger partial charge in [0.2, 0.25) is 0 Å². The van der Waals surface area contributed by atoms with Crippen molar-refractivity contribution in [2.24, 2.45) is 7.05 Å². The maximum Gasteiger partial charge on any atom is 0.158 e. The Balaban J connectivity index is 1.46. The first-order valence-electron chi connectivity index (χ1n) is 9.41. The molecule has 30 heavy (non-hydrogen) atoms. The summed E-state index contributed by atoms with van der Waals surface area (Å²) >= 11 is 0. The van der Waals surface area contributed by atoms with Gasteiger partial charge in [-0.15, -0.1) is 0 Å². The summed E-state index contributed by atoms with van der Waals surface area (Å²) in [4.78, 5) is 16.7. The molecule has 0 fully saturated rings. The van der Waals surface area contributed by atoms with Crippen LogP contribution in [-0.2, 0) is 11.8 Å². The lowest BCUT2D eigenvalue weighted by atomic mass is 10.3. The van der Waals surface area contributed by atoms with Gasteiger partial charge in [0.1, 0.15) is 35.8 Å². The number of benzene rings is 1. The van der Waals surface area contributed by atoms with Gasteiger partial charge >= 0.3 is 0 Å². The second kappa shape index (κ2) is 7.48. The number of ether oxygens (including phenoxy) is 2. The molecule has 0 bridgehead atoms. The number of aromatic amines is 2. The van der Waals surface area contributed by atoms with E-state index in [1.807, 2.05) is 42.1 Å². The van der Waals surface area contributed by atoms with Crippen LogP contribution in [0.5, 0.6) is 5.75 Å². The number of H-pyrrole nitrogens is 2. The molecule has 0 saturated heterocycles. The molecule has 0 saturated carbocycles. The molecule has 0 radical (unpaired) electrons. The van der Waals surface area contributed by atoms with Crippen molar-refractivity contribution in [3.8, 4) is 17.3 Å². The Morgan fingerprint density at radius 2 is 2.10 bits per heavy atom. The van der Waals surface area contributed by atoms with Crippen molar-refractivity contribution in [3.63, 3.8) is 0 Å². The van der Waals surface area contributed by atoms with Gasteiger partial charge in [0.15, 0.2) is 5.82 Å². The van der Waals surface area contributed by atoms with Crippen LogP contribution in [0.15, 0.2) is 43.0 Å². The minimum absolute atomic E-state index is 0.491. The van der Waals surface area contributed by atoms with E-state index in [9.17, 15) is 0 Å². The van der Waals surface area contributed by atoms with Crippen molar-refractivity contribution in [2.75, 3.05) is 25.6 Å². The zero-order valence-electron chi connectivity index (χ0n) is 16.5. The molecule has 0 aliphatic heterocycles. The van der Waals surface area contributed by atoms with Gasteiger partial charge in [-0.3, -0.25) is 5.10 Å². The third-order valence-corrected chi connectivity index (χ3v) is 4.80. The van der Waals surface area contributed by atoms with Gasteiger partial charge in [-0.05, 0) is 18.2 Å². The Morgan fingerprint density at radius 1 is 1.17 bits per heavy atom. The van der Waals surface area contributed by atoms with Crippen LogP contribution in [0, 0.1) is 0 Å². The smallest absolute Gasteiger partial charge is 0.158 e. The molecule has 0 amide bonds. The zero-order chi connectivity index (χ0) is 20.5. The molecule has 5 rings (SSSR count). The normalized spacial score (nSPS) is 11.4. The quantitative estimate of drug-likeness (QED) is 0.357. The van der Waals surface area contributed by atoms with Crippen LogP contribution in [0.2, 0.25) is 0 Å². The van der Waals surface area contributed by atoms with Gasteiger partial charge in [-0.2, -0.15) is 5.10 Å². The number of methoxy groups -OCH3 is 1. The molecule has 0 aliphatic carbocycles. The minimum atomic E-state index is 0.491. The number of rotatable bonds is 7. The van der Waals surface area contributed by atoms with Gasteiger partial charge < -0.3 is 24.3 Å². The summed E-state index contributed by atoms with van der Waals surface area (Å²) in [5.41, 5.74) is 4.04. The number of aryl methyl sites for hydroxylation is 1. The van der Waals surface area contributed by atoms with Gasteiger partial charge in [0.25, 0.3) is 0 Å². The SMILES string of the molecule is COCCOc1ccc2nc(-c3[nH]ncc3Nc3ncnc4c3ccn4C)[nH]c2c1. The van der Waals surface area contributed by atoms with E-state index < -0.39 is 0 Å². The van der Waals surface area contributed by atoms with Crippen LogP contribution in [0.25, 0.3) is 33.6 Å². The summed E-state index contributed by atoms with van der Waals surface area (Å²) in [7, 11) is 3.60. The molecule has 0 unspecified atom stereocenters. The number of imidazole rings is 1. The Bertz CT molecular complexity index is 1320. The lowest BCUT2D eigenvalue weighted by molar-refractivity contribution is 0.146. The third kappa shape index (κ3) is 3.22. The van der Waals surface area contributed by atoms with Crippen molar-refractivity contribution < 1.29 is 9.47 Å². The van der Waals surface area contributed by atoms with E-state index in [2.05, 4.69) is 35.5 Å². The summed E-state index contributed by atoms with van der Waals surface area (Å²) in [6, 6.07) is 7.70. The molecule has 0 aliphatic rings. The first-order valence-corrected chi connectivity index (χ1v) is 9.41. The standard InChI is InChI=1S/C20H20N8O2/c1-28-6-5-13-18(21-11-22-20(13)28)26-16-10-23-27-17(16)19-24-14-4-3-12(9-15(14)25-19)30-8-7-29-2/h3-6,9-11H,7-8H2,1-2H3,(H,23,27)(H,24,25)(H,21,22,26). The number of fused-ring (bicyclic) bond motifs is 2. The summed E-state index contributed by atoms with van der Waals surface area (Å²) < 4.78 is 12.6. The second-order valence-corrected chi connectivity index (χ2v) is 6.78. The fourth-order valence-corrected chi connectivity index (χ4v) is 3.31. The van der Waals surface area contributed by atoms with Crippen molar-refractivity contribution in [3.05, 3.63) is 43.0 Å². The van der Waals surface area contributed by atoms with Crippen LogP contribution in [-0.4, -0.2) is 55.0 Å². The molecule has 4 aromatic heterocycles. The summed E-state index contributed by atoms with van der Waals surface area (Å²) in [5.74, 6) is 2.12. The second-order valence-electron chi connectivity index (χ2n) is 6.78. The van der Waals surface area contributed by atoms with E-state index in [1.54, 1.807) is 13.3 Å². The number of nitrogens with one attached hydrogen (secondary N) is 3. The van der Waals surface area contributed by atoms with Crippen LogP contribution in [0.4, 0.5) is 11.5 Å². The van der Waals surface area contributed by atoms with Crippen LogP contribution >= 0.6 is 0 Å². The van der Waals surface area contributed by atoms with Gasteiger partial charge in [-0.25, -0.2) is 15.0 Å². The topological polar surface area (TPSA) is 119 Å². The zero-order valence-corrected chi connectivity index (χ0v) is 16.5. The van der Waals surface area contributed by atoms with Gasteiger partial charge in [0, 0.05) is 26.4 Å². The average molecular weight is 404 g/mol. The van der Waals surface area contributed by atoms with Gasteiger partial charge in [-0.1, -0.05) is 0 Å². The maximum atomic E-state index is 5.68. The number of nitrogens with zero attached hydrogens (tertiary/aromatic N) is 5. The fraction of sp³-hybridized carbons (Fsp3) is 0.200. The molecular formula is C20H20N8O2. The highest BCUT2D eigenvalue weighted by molar-refractivity contribution is 5.91. The Kier molecular flexibility index (Phi) is 4.52. The monoisotopic (exact) mass is 404 g/mol. The van der Waals surface area contributed by atoms with Crippen LogP contribution in [0.1, 0.15) is 0 Å². The number of hydrogen-bond donors (Lipinski definition) is 3. The van der Waals surface area contributed by atoms with Crippen LogP contribution < -0.4 is 10.1 Å². The third-order valence-electron chi connectivity index (χ3n) is 4.80. The molecular weight excluding hydrogens is 384 g/mol. The highest BCUT2D eigenvalue weighted by Crippen LogP contribution is 2.30. The highest BCUT2D eigenvalue weighted by Gasteiger charge is 2.15. The molecule has 10 nitrogen and oxygen atoms in total. The van der Waals surface area contributed by atoms with E-state index in [1.165, 1.54) is 6.33 Å². The predicted molar refractivity (Wildman–Crippen MR) is 113 cm³/mol. The molecule has 3 N–H and O–H groups in total. The molecule has 4 heterocycles. The molecule has 0 spiro atoms. The van der Waals surface area contributed by atoms with Crippen molar-refractivity contribution in [1.82, 2.24) is 34.7 Å². The maximum absolute atomic E-state index is 5.68. The van der Waals surface area contributed by atoms with Crippen LogP contribution in [0.3, 0.4) is 0 Å². The first-order chi connectivity index (χ1) is 14.7. The van der Waals surface area contributed by atoms with E-state index in [4.69, 9.17) is 9.47 Å². The van der Waals surface area contributed by atoms with E-state index >= 15 is 0 Å². The number of anilines is 2. The first kappa shape index (κ1) is 18.1. The van der Waals surface area contributed by atoms with Gasteiger partial charge in [0.05, 0.1) is 34.9 Å². The van der Waals surface area contributed by atoms with Crippen molar-refractivity contribution >= 4 is 33.6 Å². The van der Waals surface area contributed by atoms with Crippen molar-refractivity contribution in [2.45, 2.75) is 0 Å². The number of aromatic nitrogens is 7. The highest BCUT2D eigenvalue weighted by atomic mass is 16.5. The summed E-state index contributed by atoms with van der Waals surface area (Å²) in [6.45, 7) is 1.03. The van der Waals surface area contributed by atoms with E-state index in [-0.39, 0.29) is 0 Å². The Labute approximate surface area is 171 Å². The average Bonchev–Trinajstić information content (AvgIpc) is 3.47. The molecule has 5 aromatic rings. The Morgan fingerprint density at radius 3 is 3.00 bits per heavy atom. The number of hydrogen-bond acceptors (Lipinski definition) is 7. The van der Waals surface area contributed by atoms with E-state index in [0.717, 1.165) is 39.2 Å². The molecule has 10 heteroatoms. The largest absolute Gasteiger partial charge is 0.491 e. The molecule has 152 valence electrons. The minimum Gasteiger partial charge on any atom is -0.491 e.